The van der Waals surface area contributed by atoms with Crippen molar-refractivity contribution in [2.45, 2.75) is 26.7 Å². The van der Waals surface area contributed by atoms with Gasteiger partial charge in [-0.25, -0.2) is 4.79 Å². The molecule has 2 rings (SSSR count). The van der Waals surface area contributed by atoms with Crippen molar-refractivity contribution in [1.82, 2.24) is 5.16 Å². The first-order chi connectivity index (χ1) is 8.65. The van der Waals surface area contributed by atoms with Crippen LogP contribution in [0, 0.1) is 0 Å². The fraction of sp³-hybridized carbons (Fsp3) is 0.286. The first-order valence-corrected chi connectivity index (χ1v) is 5.97. The zero-order chi connectivity index (χ0) is 13.1. The van der Waals surface area contributed by atoms with E-state index in [0.717, 1.165) is 18.4 Å². The molecular weight excluding hydrogens is 230 g/mol. The van der Waals surface area contributed by atoms with Gasteiger partial charge in [0.05, 0.1) is 0 Å². The van der Waals surface area contributed by atoms with Crippen LogP contribution in [0.4, 0.5) is 0 Å². The van der Waals surface area contributed by atoms with E-state index in [4.69, 9.17) is 9.63 Å². The zero-order valence-corrected chi connectivity index (χ0v) is 10.4. The first-order valence-electron chi connectivity index (χ1n) is 5.97. The van der Waals surface area contributed by atoms with Gasteiger partial charge in [-0.1, -0.05) is 31.1 Å². The van der Waals surface area contributed by atoms with Crippen LogP contribution in [0.25, 0.3) is 11.3 Å². The van der Waals surface area contributed by atoms with Crippen molar-refractivity contribution in [3.8, 4) is 11.3 Å². The third-order valence-corrected chi connectivity index (χ3v) is 2.98. The highest BCUT2D eigenvalue weighted by Gasteiger charge is 2.12. The highest BCUT2D eigenvalue weighted by molar-refractivity contribution is 5.86. The van der Waals surface area contributed by atoms with E-state index < -0.39 is 5.97 Å². The highest BCUT2D eigenvalue weighted by Crippen LogP contribution is 2.24. The molecule has 0 saturated heterocycles. The second-order valence-corrected chi connectivity index (χ2v) is 4.07. The number of aromatic carboxylic acids is 1. The fourth-order valence-corrected chi connectivity index (χ4v) is 1.97. The van der Waals surface area contributed by atoms with Gasteiger partial charge in [0, 0.05) is 11.6 Å². The molecule has 0 atom stereocenters. The smallest absolute Gasteiger partial charge is 0.358 e. The molecule has 1 aromatic heterocycles. The van der Waals surface area contributed by atoms with E-state index in [2.05, 4.69) is 25.1 Å². The van der Waals surface area contributed by atoms with Crippen LogP contribution in [0.5, 0.6) is 0 Å². The van der Waals surface area contributed by atoms with Crippen LogP contribution in [0.2, 0.25) is 0 Å². The Balaban J connectivity index is 2.41. The monoisotopic (exact) mass is 245 g/mol. The lowest BCUT2D eigenvalue weighted by Gasteiger charge is -2.06. The Hall–Kier alpha value is -2.10. The summed E-state index contributed by atoms with van der Waals surface area (Å²) in [5.41, 5.74) is 3.36. The fourth-order valence-electron chi connectivity index (χ4n) is 1.97. The molecule has 94 valence electrons. The van der Waals surface area contributed by atoms with Crippen LogP contribution >= 0.6 is 0 Å². The molecule has 0 bridgehead atoms. The quantitative estimate of drug-likeness (QED) is 0.898. The summed E-state index contributed by atoms with van der Waals surface area (Å²) in [6.45, 7) is 4.21. The van der Waals surface area contributed by atoms with Crippen LogP contribution in [-0.4, -0.2) is 16.2 Å². The number of aromatic nitrogens is 1. The van der Waals surface area contributed by atoms with Gasteiger partial charge in [0.15, 0.2) is 11.5 Å². The third kappa shape index (κ3) is 2.27. The molecule has 0 saturated carbocycles. The van der Waals surface area contributed by atoms with E-state index in [-0.39, 0.29) is 5.69 Å². The van der Waals surface area contributed by atoms with Gasteiger partial charge in [0.1, 0.15) is 0 Å². The molecular formula is C14H15NO3. The predicted octanol–water partition coefficient (Wildman–Crippen LogP) is 3.16. The lowest BCUT2D eigenvalue weighted by Crippen LogP contribution is -1.94. The second-order valence-electron chi connectivity index (χ2n) is 4.07. The van der Waals surface area contributed by atoms with Crippen molar-refractivity contribution in [3.05, 3.63) is 41.1 Å². The van der Waals surface area contributed by atoms with Gasteiger partial charge in [-0.15, -0.1) is 0 Å². The Morgan fingerprint density at radius 3 is 2.50 bits per heavy atom. The molecule has 0 radical (unpaired) electrons. The maximum atomic E-state index is 10.7. The molecule has 0 aliphatic carbocycles. The zero-order valence-electron chi connectivity index (χ0n) is 10.4. The largest absolute Gasteiger partial charge is 0.476 e. The first kappa shape index (κ1) is 12.4. The SMILES string of the molecule is CCc1ccc(-c2cc(C(=O)O)no2)cc1CC. The van der Waals surface area contributed by atoms with Crippen LogP contribution in [-0.2, 0) is 12.8 Å². The van der Waals surface area contributed by atoms with E-state index in [0.29, 0.717) is 5.76 Å². The summed E-state index contributed by atoms with van der Waals surface area (Å²) < 4.78 is 5.05. The van der Waals surface area contributed by atoms with Crippen LogP contribution in [0.3, 0.4) is 0 Å². The summed E-state index contributed by atoms with van der Waals surface area (Å²) in [4.78, 5) is 10.7. The molecule has 4 nitrogen and oxygen atoms in total. The maximum absolute atomic E-state index is 10.7. The molecule has 4 heteroatoms. The average Bonchev–Trinajstić information content (AvgIpc) is 2.87. The summed E-state index contributed by atoms with van der Waals surface area (Å²) in [7, 11) is 0. The third-order valence-electron chi connectivity index (χ3n) is 2.98. The number of hydrogen-bond acceptors (Lipinski definition) is 3. The molecule has 0 unspecified atom stereocenters. The Labute approximate surface area is 105 Å². The van der Waals surface area contributed by atoms with Gasteiger partial charge in [-0.05, 0) is 30.0 Å². The summed E-state index contributed by atoms with van der Waals surface area (Å²) in [6, 6.07) is 7.47. The molecule has 0 aliphatic heterocycles. The van der Waals surface area contributed by atoms with Gasteiger partial charge in [0.2, 0.25) is 0 Å². The van der Waals surface area contributed by atoms with Crippen molar-refractivity contribution in [2.75, 3.05) is 0 Å². The van der Waals surface area contributed by atoms with Crippen LogP contribution in [0.15, 0.2) is 28.8 Å². The molecule has 0 aliphatic rings. The molecule has 0 amide bonds. The summed E-state index contributed by atoms with van der Waals surface area (Å²) in [5, 5.41) is 12.3. The lowest BCUT2D eigenvalue weighted by molar-refractivity contribution is 0.0686. The Morgan fingerprint density at radius 2 is 1.94 bits per heavy atom. The minimum Gasteiger partial charge on any atom is -0.476 e. The number of nitrogens with zero attached hydrogens (tertiary/aromatic N) is 1. The van der Waals surface area contributed by atoms with Crippen molar-refractivity contribution >= 4 is 5.97 Å². The summed E-state index contributed by atoms with van der Waals surface area (Å²) in [6.07, 6.45) is 1.93. The Kier molecular flexibility index (Phi) is 3.46. The number of aryl methyl sites for hydroxylation is 2. The number of carbonyl (C=O) groups is 1. The van der Waals surface area contributed by atoms with E-state index in [9.17, 15) is 4.79 Å². The number of carboxylic acid groups (broad SMARTS) is 1. The predicted molar refractivity (Wildman–Crippen MR) is 67.7 cm³/mol. The number of benzene rings is 1. The van der Waals surface area contributed by atoms with Gasteiger partial charge in [0.25, 0.3) is 0 Å². The van der Waals surface area contributed by atoms with E-state index in [1.165, 1.54) is 17.2 Å². The van der Waals surface area contributed by atoms with Crippen LogP contribution < -0.4 is 0 Å². The number of hydrogen-bond donors (Lipinski definition) is 1. The van der Waals surface area contributed by atoms with Crippen LogP contribution in [0.1, 0.15) is 35.5 Å². The number of carboxylic acids is 1. The minimum absolute atomic E-state index is 0.0670. The molecule has 18 heavy (non-hydrogen) atoms. The topological polar surface area (TPSA) is 63.3 Å². The van der Waals surface area contributed by atoms with Crippen molar-refractivity contribution < 1.29 is 14.4 Å². The van der Waals surface area contributed by atoms with E-state index in [1.807, 2.05) is 12.1 Å². The second kappa shape index (κ2) is 5.04. The van der Waals surface area contributed by atoms with E-state index >= 15 is 0 Å². The van der Waals surface area contributed by atoms with Gasteiger partial charge in [-0.2, -0.15) is 0 Å². The summed E-state index contributed by atoms with van der Waals surface area (Å²) >= 11 is 0. The van der Waals surface area contributed by atoms with Gasteiger partial charge >= 0.3 is 5.97 Å². The normalized spacial score (nSPS) is 10.6. The average molecular weight is 245 g/mol. The molecule has 1 aromatic carbocycles. The molecule has 1 heterocycles. The molecule has 0 fully saturated rings. The van der Waals surface area contributed by atoms with Gasteiger partial charge in [-0.3, -0.25) is 0 Å². The lowest BCUT2D eigenvalue weighted by atomic mass is 9.99. The van der Waals surface area contributed by atoms with Crippen molar-refractivity contribution in [2.24, 2.45) is 0 Å². The molecule has 1 N–H and O–H groups in total. The summed E-state index contributed by atoms with van der Waals surface area (Å²) in [5.74, 6) is -0.587. The Bertz CT molecular complexity index is 572. The maximum Gasteiger partial charge on any atom is 0.358 e. The highest BCUT2D eigenvalue weighted by atomic mass is 16.5. The van der Waals surface area contributed by atoms with Gasteiger partial charge < -0.3 is 9.63 Å². The van der Waals surface area contributed by atoms with E-state index in [1.54, 1.807) is 0 Å². The molecule has 0 spiro atoms. The van der Waals surface area contributed by atoms with Crippen molar-refractivity contribution in [1.29, 1.82) is 0 Å². The Morgan fingerprint density at radius 1 is 1.22 bits per heavy atom. The van der Waals surface area contributed by atoms with Crippen molar-refractivity contribution in [3.63, 3.8) is 0 Å². The standard InChI is InChI=1S/C14H15NO3/c1-3-9-5-6-11(7-10(9)4-2)13-8-12(14(16)17)15-18-13/h5-8H,3-4H2,1-2H3,(H,16,17). The minimum atomic E-state index is -1.08. The molecule has 2 aromatic rings. The number of rotatable bonds is 4.